The third kappa shape index (κ3) is 7.39. The monoisotopic (exact) mass is 701 g/mol. The molecule has 2 N–H and O–H groups in total. The molecule has 0 aromatic heterocycles. The van der Waals surface area contributed by atoms with Crippen LogP contribution in [0.5, 0.6) is 0 Å². The molecule has 0 atom stereocenters. The number of halogens is 2. The van der Waals surface area contributed by atoms with Gasteiger partial charge in [-0.25, -0.2) is 21.6 Å². The molecule has 0 heterocycles. The smallest absolute Gasteiger partial charge is 0.265 e. The Bertz CT molecular complexity index is 1950. The van der Waals surface area contributed by atoms with Crippen LogP contribution >= 0.6 is 27.5 Å². The van der Waals surface area contributed by atoms with E-state index in [0.29, 0.717) is 15.2 Å². The molecule has 0 bridgehead atoms. The van der Waals surface area contributed by atoms with E-state index in [0.717, 1.165) is 9.87 Å². The molecule has 4 rings (SSSR count). The minimum absolute atomic E-state index is 0.0411. The average molecular weight is 703 g/mol. The lowest BCUT2D eigenvalue weighted by atomic mass is 9.97. The van der Waals surface area contributed by atoms with Crippen molar-refractivity contribution in [3.63, 3.8) is 0 Å². The Morgan fingerprint density at radius 2 is 1.53 bits per heavy atom. The van der Waals surface area contributed by atoms with Gasteiger partial charge in [-0.3, -0.25) is 13.9 Å². The second-order valence-electron chi connectivity index (χ2n) is 9.51. The highest BCUT2D eigenvalue weighted by molar-refractivity contribution is 9.10. The number of nitrogens with zero attached hydrogens (tertiary/aromatic N) is 1. The number of Topliss-reactive ketones (excluding diaryl/α,β-unsaturated/α-hetero) is 1. The Morgan fingerprint density at radius 1 is 0.884 bits per heavy atom. The summed E-state index contributed by atoms with van der Waals surface area (Å²) in [6, 6.07) is 22.0. The fourth-order valence-corrected chi connectivity index (χ4v) is 6.75. The molecule has 0 unspecified atom stereocenters. The molecule has 13 heteroatoms. The van der Waals surface area contributed by atoms with Gasteiger partial charge in [0.2, 0.25) is 5.78 Å². The Hall–Kier alpha value is -3.84. The van der Waals surface area contributed by atoms with Crippen molar-refractivity contribution in [3.8, 4) is 0 Å². The molecule has 9 nitrogen and oxygen atoms in total. The average Bonchev–Trinajstić information content (AvgIpc) is 2.97. The lowest BCUT2D eigenvalue weighted by Crippen LogP contribution is -2.31. The summed E-state index contributed by atoms with van der Waals surface area (Å²) in [7, 11) is -6.88. The second-order valence-corrected chi connectivity index (χ2v) is 14.5. The van der Waals surface area contributed by atoms with Crippen LogP contribution in [0.15, 0.2) is 105 Å². The zero-order chi connectivity index (χ0) is 31.5. The maximum Gasteiger partial charge on any atom is 0.265 e. The molecule has 0 aliphatic rings. The first-order valence-electron chi connectivity index (χ1n) is 12.6. The predicted molar refractivity (Wildman–Crippen MR) is 169 cm³/mol. The van der Waals surface area contributed by atoms with E-state index in [1.807, 2.05) is 4.72 Å². The zero-order valence-electron chi connectivity index (χ0n) is 22.8. The lowest BCUT2D eigenvalue weighted by molar-refractivity contribution is 0.0979. The Balaban J connectivity index is 1.56. The number of aryl methyl sites for hydroxylation is 1. The molecule has 0 fully saturated rings. The van der Waals surface area contributed by atoms with Crippen molar-refractivity contribution in [2.75, 3.05) is 11.4 Å². The molecule has 0 saturated heterocycles. The Morgan fingerprint density at radius 3 is 2.19 bits per heavy atom. The summed E-state index contributed by atoms with van der Waals surface area (Å²) >= 11 is 9.18. The predicted octanol–water partition coefficient (Wildman–Crippen LogP) is 5.80. The molecule has 1 amide bonds. The van der Waals surface area contributed by atoms with Crippen LogP contribution in [0.3, 0.4) is 0 Å². The maximum atomic E-state index is 13.3. The van der Waals surface area contributed by atoms with Gasteiger partial charge < -0.3 is 5.41 Å². The number of rotatable bonds is 10. The van der Waals surface area contributed by atoms with Crippen LogP contribution in [0.4, 0.5) is 5.69 Å². The Kier molecular flexibility index (Phi) is 9.55. The van der Waals surface area contributed by atoms with Gasteiger partial charge in [-0.05, 0) is 73.2 Å². The van der Waals surface area contributed by atoms with Crippen LogP contribution in [0.2, 0.25) is 5.02 Å². The molecule has 0 aliphatic heterocycles. The number of benzene rings is 4. The number of hydrogen-bond donors (Lipinski definition) is 2. The van der Waals surface area contributed by atoms with Gasteiger partial charge in [0.05, 0.1) is 21.2 Å². The van der Waals surface area contributed by atoms with Crippen molar-refractivity contribution >= 4 is 70.7 Å². The van der Waals surface area contributed by atoms with Crippen LogP contribution in [-0.4, -0.2) is 41.3 Å². The first kappa shape index (κ1) is 32.1. The molecule has 0 saturated carbocycles. The first-order valence-corrected chi connectivity index (χ1v) is 16.7. The fourth-order valence-electron chi connectivity index (χ4n) is 4.06. The third-order valence-corrected chi connectivity index (χ3v) is 10.3. The first-order chi connectivity index (χ1) is 20.2. The topological polar surface area (TPSA) is 142 Å². The van der Waals surface area contributed by atoms with Crippen molar-refractivity contribution in [3.05, 3.63) is 123 Å². The van der Waals surface area contributed by atoms with E-state index in [4.69, 9.17) is 17.0 Å². The summed E-state index contributed by atoms with van der Waals surface area (Å²) in [5.74, 6) is -1.69. The van der Waals surface area contributed by atoms with Crippen molar-refractivity contribution in [1.82, 2.24) is 4.72 Å². The van der Waals surface area contributed by atoms with Crippen molar-refractivity contribution in [1.29, 1.82) is 5.41 Å². The maximum absolute atomic E-state index is 13.3. The summed E-state index contributed by atoms with van der Waals surface area (Å²) < 4.78 is 55.7. The normalized spacial score (nSPS) is 11.5. The summed E-state index contributed by atoms with van der Waals surface area (Å²) in [5.41, 5.74) is 0.908. The highest BCUT2D eigenvalue weighted by atomic mass is 79.9. The lowest BCUT2D eigenvalue weighted by Gasteiger charge is -2.20. The summed E-state index contributed by atoms with van der Waals surface area (Å²) in [6.07, 6.45) is -0.318. The number of amides is 1. The van der Waals surface area contributed by atoms with E-state index >= 15 is 0 Å². The Labute approximate surface area is 263 Å². The number of ketones is 1. The number of carbonyl (C=O) groups is 2. The van der Waals surface area contributed by atoms with Gasteiger partial charge in [0, 0.05) is 34.1 Å². The van der Waals surface area contributed by atoms with Gasteiger partial charge in [0.15, 0.2) is 0 Å². The van der Waals surface area contributed by atoms with Gasteiger partial charge in [-0.15, -0.1) is 0 Å². The van der Waals surface area contributed by atoms with Crippen LogP contribution in [0.25, 0.3) is 0 Å². The van der Waals surface area contributed by atoms with Gasteiger partial charge >= 0.3 is 0 Å². The molecule has 4 aromatic carbocycles. The van der Waals surface area contributed by atoms with E-state index in [1.54, 1.807) is 49.4 Å². The molecule has 4 aromatic rings. The van der Waals surface area contributed by atoms with E-state index in [9.17, 15) is 26.4 Å². The van der Waals surface area contributed by atoms with Crippen LogP contribution in [0.1, 0.15) is 31.8 Å². The fraction of sp³-hybridized carbons (Fsp3) is 0.100. The van der Waals surface area contributed by atoms with Crippen molar-refractivity contribution in [2.24, 2.45) is 0 Å². The van der Waals surface area contributed by atoms with Crippen LogP contribution < -0.4 is 9.03 Å². The number of hydrogen-bond acceptors (Lipinski definition) is 7. The summed E-state index contributed by atoms with van der Waals surface area (Å²) in [4.78, 5) is 26.1. The molecule has 43 heavy (non-hydrogen) atoms. The minimum atomic E-state index is -4.19. The highest BCUT2D eigenvalue weighted by Crippen LogP contribution is 2.25. The minimum Gasteiger partial charge on any atom is -0.301 e. The zero-order valence-corrected chi connectivity index (χ0v) is 26.8. The van der Waals surface area contributed by atoms with E-state index in [2.05, 4.69) is 15.9 Å². The summed E-state index contributed by atoms with van der Waals surface area (Å²) in [6.45, 7) is 1.80. The van der Waals surface area contributed by atoms with Gasteiger partial charge in [-0.2, -0.15) is 0 Å². The largest absolute Gasteiger partial charge is 0.301 e. The molecular formula is C30H25BrClN3O6S2. The van der Waals surface area contributed by atoms with Gasteiger partial charge in [0.25, 0.3) is 26.0 Å². The third-order valence-electron chi connectivity index (χ3n) is 6.46. The molecule has 0 radical (unpaired) electrons. The standard InChI is InChI=1S/C30H25BrClN3O6S2/c1-19-6-14-25(15-7-19)42(38,39)34-30(37)27-18-22(31)9-8-20(27)17-28(33)29(36)21-4-3-5-26(16-21)43(40,41)35(2)24-12-10-23(32)11-13-24/h3-16,18,33H,17H2,1-2H3,(H,34,37). The SMILES string of the molecule is Cc1ccc(S(=O)(=O)NC(=O)c2cc(Br)ccc2CC(=N)C(=O)c2cccc(S(=O)(=O)N(C)c3ccc(Cl)cc3)c2)cc1. The molecule has 0 aliphatic carbocycles. The number of carbonyl (C=O) groups excluding carboxylic acids is 2. The molecular weight excluding hydrogens is 678 g/mol. The number of nitrogens with one attached hydrogen (secondary N) is 2. The quantitative estimate of drug-likeness (QED) is 0.158. The second kappa shape index (κ2) is 12.8. The van der Waals surface area contributed by atoms with Gasteiger partial charge in [-0.1, -0.05) is 63.4 Å². The van der Waals surface area contributed by atoms with Crippen LogP contribution in [0, 0.1) is 12.3 Å². The van der Waals surface area contributed by atoms with E-state index < -0.39 is 37.4 Å². The molecule has 222 valence electrons. The van der Waals surface area contributed by atoms with Crippen molar-refractivity contribution in [2.45, 2.75) is 23.1 Å². The van der Waals surface area contributed by atoms with Crippen molar-refractivity contribution < 1.29 is 26.4 Å². The van der Waals surface area contributed by atoms with Gasteiger partial charge in [0.1, 0.15) is 0 Å². The summed E-state index contributed by atoms with van der Waals surface area (Å²) in [5, 5.41) is 8.92. The highest BCUT2D eigenvalue weighted by Gasteiger charge is 2.25. The number of sulfonamides is 2. The van der Waals surface area contributed by atoms with E-state index in [1.165, 1.54) is 55.6 Å². The number of anilines is 1. The van der Waals surface area contributed by atoms with Crippen LogP contribution in [-0.2, 0) is 26.5 Å². The van der Waals surface area contributed by atoms with E-state index in [-0.39, 0.29) is 32.9 Å². The molecule has 0 spiro atoms.